The van der Waals surface area contributed by atoms with Crippen LogP contribution < -0.4 is 27.3 Å². The van der Waals surface area contributed by atoms with Crippen molar-refractivity contribution in [3.05, 3.63) is 120 Å². The van der Waals surface area contributed by atoms with Gasteiger partial charge in [0.1, 0.15) is 0 Å². The molecule has 0 spiro atoms. The fourth-order valence-electron chi connectivity index (χ4n) is 3.50. The van der Waals surface area contributed by atoms with Crippen LogP contribution >= 0.6 is 0 Å². The van der Waals surface area contributed by atoms with Crippen LogP contribution in [0.5, 0.6) is 0 Å². The molecule has 38 heavy (non-hydrogen) atoms. The first-order valence-electron chi connectivity index (χ1n) is 11.5. The molecular formula is C29H27BrN2O4S2. The maximum atomic E-state index is 12.8. The Labute approximate surface area is 234 Å². The van der Waals surface area contributed by atoms with Gasteiger partial charge in [-0.2, -0.15) is 0 Å². The second kappa shape index (κ2) is 12.3. The molecule has 4 rings (SSSR count). The van der Waals surface area contributed by atoms with Crippen LogP contribution in [0, 0.1) is 13.8 Å². The van der Waals surface area contributed by atoms with Crippen molar-refractivity contribution < 1.29 is 38.8 Å². The predicted molar refractivity (Wildman–Crippen MR) is 146 cm³/mol. The van der Waals surface area contributed by atoms with Crippen LogP contribution in [-0.4, -0.2) is 23.1 Å². The van der Waals surface area contributed by atoms with E-state index < -0.39 is 19.7 Å². The van der Waals surface area contributed by atoms with Crippen LogP contribution in [0.4, 0.5) is 11.4 Å². The molecule has 0 saturated heterocycles. The standard InChI is InChI=1S/C29H26N2O4S2.BrH/c1-22-4-12-26(13-5-22)36(32,33)28-16-8-24(9-17-28)30-20-3-21-31-25-10-18-29(19-11-25)37(34,35)27-14-6-23(2)7-15-27;/h3-21,30H,1-2H3;1H/b20-3+,31-21?;. The molecule has 0 fully saturated rings. The first-order chi connectivity index (χ1) is 17.7. The van der Waals surface area contributed by atoms with E-state index in [4.69, 9.17) is 0 Å². The molecule has 0 aromatic heterocycles. The van der Waals surface area contributed by atoms with Crippen LogP contribution in [-0.2, 0) is 19.7 Å². The van der Waals surface area contributed by atoms with Crippen molar-refractivity contribution in [2.24, 2.45) is 0 Å². The van der Waals surface area contributed by atoms with Crippen molar-refractivity contribution in [3.8, 4) is 0 Å². The van der Waals surface area contributed by atoms with E-state index in [1.807, 2.05) is 13.8 Å². The number of allylic oxidation sites excluding steroid dienone is 1. The lowest BCUT2D eigenvalue weighted by molar-refractivity contribution is -0.346. The highest BCUT2D eigenvalue weighted by atomic mass is 79.9. The van der Waals surface area contributed by atoms with Gasteiger partial charge in [-0.25, -0.2) is 21.8 Å². The molecule has 0 radical (unpaired) electrons. The number of benzene rings is 4. The Morgan fingerprint density at radius 1 is 0.579 bits per heavy atom. The van der Waals surface area contributed by atoms with Gasteiger partial charge in [0.05, 0.1) is 19.6 Å². The summed E-state index contributed by atoms with van der Waals surface area (Å²) < 4.78 is 51.1. The Kier molecular flexibility index (Phi) is 9.43. The minimum absolute atomic E-state index is 0. The number of aryl methyl sites for hydroxylation is 2. The van der Waals surface area contributed by atoms with E-state index in [1.165, 1.54) is 0 Å². The minimum Gasteiger partial charge on any atom is -1.00 e. The van der Waals surface area contributed by atoms with Crippen molar-refractivity contribution in [1.82, 2.24) is 0 Å². The third kappa shape index (κ3) is 6.86. The zero-order valence-electron chi connectivity index (χ0n) is 20.8. The predicted octanol–water partition coefficient (Wildman–Crippen LogP) is 1.38. The quantitative estimate of drug-likeness (QED) is 0.294. The molecule has 0 atom stereocenters. The summed E-state index contributed by atoms with van der Waals surface area (Å²) in [5.41, 5.74) is 3.47. The van der Waals surface area contributed by atoms with Gasteiger partial charge < -0.3 is 22.3 Å². The molecule has 0 bridgehead atoms. The van der Waals surface area contributed by atoms with Gasteiger partial charge in [0.25, 0.3) is 0 Å². The monoisotopic (exact) mass is 610 g/mol. The van der Waals surface area contributed by atoms with Gasteiger partial charge in [-0.05, 0) is 74.5 Å². The van der Waals surface area contributed by atoms with Gasteiger partial charge in [0.2, 0.25) is 25.4 Å². The van der Waals surface area contributed by atoms with Gasteiger partial charge in [-0.15, -0.1) is 0 Å². The Morgan fingerprint density at radius 3 is 1.37 bits per heavy atom. The highest BCUT2D eigenvalue weighted by Crippen LogP contribution is 2.23. The van der Waals surface area contributed by atoms with Crippen molar-refractivity contribution in [2.75, 3.05) is 5.32 Å². The topological polar surface area (TPSA) is 94.3 Å². The van der Waals surface area contributed by atoms with E-state index in [2.05, 4.69) is 10.3 Å². The maximum Gasteiger partial charge on any atom is 0.206 e. The van der Waals surface area contributed by atoms with Crippen LogP contribution in [0.15, 0.2) is 129 Å². The molecule has 0 aliphatic carbocycles. The zero-order valence-corrected chi connectivity index (χ0v) is 24.0. The molecule has 196 valence electrons. The smallest absolute Gasteiger partial charge is 0.206 e. The van der Waals surface area contributed by atoms with Gasteiger partial charge in [0.15, 0.2) is 6.21 Å². The summed E-state index contributed by atoms with van der Waals surface area (Å²) in [5.74, 6) is 0. The summed E-state index contributed by atoms with van der Waals surface area (Å²) >= 11 is 0. The molecule has 0 aliphatic heterocycles. The fraction of sp³-hybridized carbons (Fsp3) is 0.0690. The summed E-state index contributed by atoms with van der Waals surface area (Å²) in [7, 11) is -7.12. The third-order valence-corrected chi connectivity index (χ3v) is 9.26. The fourth-order valence-corrected chi connectivity index (χ4v) is 6.03. The maximum absolute atomic E-state index is 12.8. The number of rotatable bonds is 8. The van der Waals surface area contributed by atoms with Crippen LogP contribution in [0.3, 0.4) is 0 Å². The number of anilines is 1. The van der Waals surface area contributed by atoms with Crippen molar-refractivity contribution >= 4 is 37.3 Å². The van der Waals surface area contributed by atoms with E-state index >= 15 is 0 Å². The summed E-state index contributed by atoms with van der Waals surface area (Å²) in [6, 6.07) is 26.6. The minimum atomic E-state index is -3.56. The Hall–Kier alpha value is -3.53. The number of nitrogens with one attached hydrogen (secondary N) is 2. The summed E-state index contributed by atoms with van der Waals surface area (Å²) in [4.78, 5) is 4.07. The molecule has 9 heteroatoms. The molecule has 6 nitrogen and oxygen atoms in total. The normalized spacial score (nSPS) is 11.9. The molecule has 0 aliphatic rings. The Balaban J connectivity index is 0.00000400. The Morgan fingerprint density at radius 2 is 0.947 bits per heavy atom. The highest BCUT2D eigenvalue weighted by Gasteiger charge is 2.18. The van der Waals surface area contributed by atoms with Gasteiger partial charge >= 0.3 is 0 Å². The van der Waals surface area contributed by atoms with E-state index in [1.54, 1.807) is 116 Å². The molecule has 0 saturated carbocycles. The third-order valence-electron chi connectivity index (χ3n) is 5.68. The van der Waals surface area contributed by atoms with Crippen molar-refractivity contribution in [3.63, 3.8) is 0 Å². The van der Waals surface area contributed by atoms with Gasteiger partial charge in [-0.3, -0.25) is 0 Å². The number of hydrogen-bond donors (Lipinski definition) is 2. The van der Waals surface area contributed by atoms with Crippen LogP contribution in [0.1, 0.15) is 11.1 Å². The second-order valence-corrected chi connectivity index (χ2v) is 12.4. The van der Waals surface area contributed by atoms with Crippen molar-refractivity contribution in [1.29, 1.82) is 0 Å². The first kappa shape index (κ1) is 29.0. The van der Waals surface area contributed by atoms with Gasteiger partial charge in [0, 0.05) is 30.1 Å². The molecule has 4 aromatic carbocycles. The average Bonchev–Trinajstić information content (AvgIpc) is 2.89. The lowest BCUT2D eigenvalue weighted by Crippen LogP contribution is -3.00. The highest BCUT2D eigenvalue weighted by molar-refractivity contribution is 7.91. The summed E-state index contributed by atoms with van der Waals surface area (Å²) in [6.45, 7) is 3.82. The lowest BCUT2D eigenvalue weighted by atomic mass is 10.2. The largest absolute Gasteiger partial charge is 1.00 e. The average molecular weight is 612 g/mol. The van der Waals surface area contributed by atoms with E-state index in [-0.39, 0.29) is 36.6 Å². The molecule has 4 aromatic rings. The Bertz CT molecular complexity index is 1650. The van der Waals surface area contributed by atoms with Gasteiger partial charge in [-0.1, -0.05) is 35.4 Å². The number of sulfone groups is 2. The second-order valence-electron chi connectivity index (χ2n) is 8.50. The van der Waals surface area contributed by atoms with E-state index in [0.717, 1.165) is 22.5 Å². The van der Waals surface area contributed by atoms with E-state index in [9.17, 15) is 16.8 Å². The number of halogens is 1. The van der Waals surface area contributed by atoms with Crippen molar-refractivity contribution in [2.45, 2.75) is 33.4 Å². The zero-order chi connectivity index (χ0) is 26.5. The SMILES string of the molecule is Cc1ccc(S(=O)(=O)c2ccc(N/C=C/C=[NH+]c3ccc(S(=O)(=O)c4ccc(C)cc4)cc3)cc2)cc1.[Br-]. The van der Waals surface area contributed by atoms with Crippen LogP contribution in [0.25, 0.3) is 0 Å². The molecular weight excluding hydrogens is 584 g/mol. The van der Waals surface area contributed by atoms with Crippen LogP contribution in [0.2, 0.25) is 0 Å². The van der Waals surface area contributed by atoms with E-state index in [0.29, 0.717) is 0 Å². The molecule has 2 N–H and O–H groups in total. The lowest BCUT2D eigenvalue weighted by Gasteiger charge is -2.06. The first-order valence-corrected chi connectivity index (χ1v) is 14.5. The number of hydrogen-bond acceptors (Lipinski definition) is 5. The molecule has 0 heterocycles. The molecule has 0 amide bonds. The summed E-state index contributed by atoms with van der Waals surface area (Å²) in [6.07, 6.45) is 5.15. The molecule has 0 unspecified atom stereocenters. The summed E-state index contributed by atoms with van der Waals surface area (Å²) in [5, 5.41) is 3.08.